The third-order valence-electron chi connectivity index (χ3n) is 3.06. The van der Waals surface area contributed by atoms with Gasteiger partial charge in [-0.3, -0.25) is 0 Å². The minimum Gasteiger partial charge on any atom is -0.419 e. The lowest BCUT2D eigenvalue weighted by molar-refractivity contribution is 0.341. The third kappa shape index (κ3) is 4.15. The van der Waals surface area contributed by atoms with Gasteiger partial charge in [-0.2, -0.15) is 0 Å². The van der Waals surface area contributed by atoms with E-state index in [1.54, 1.807) is 0 Å². The van der Waals surface area contributed by atoms with Gasteiger partial charge in [0.25, 0.3) is 0 Å². The predicted molar refractivity (Wildman–Crippen MR) is 73.0 cm³/mol. The molecule has 0 atom stereocenters. The topological polar surface area (TPSA) is 61.3 Å². The molecule has 0 unspecified atom stereocenters. The van der Waals surface area contributed by atoms with Crippen molar-refractivity contribution < 1.29 is 4.43 Å². The summed E-state index contributed by atoms with van der Waals surface area (Å²) in [7, 11) is 3.02. The maximum Gasteiger partial charge on any atom is 0.246 e. The van der Waals surface area contributed by atoms with E-state index in [0.29, 0.717) is 0 Å². The summed E-state index contributed by atoms with van der Waals surface area (Å²) in [5.74, 6) is 0. The summed E-state index contributed by atoms with van der Waals surface area (Å²) in [6.07, 6.45) is 4.04. The number of nitrogen functional groups attached to an aromatic ring is 1. The van der Waals surface area contributed by atoms with E-state index in [-0.39, 0.29) is 0 Å². The second-order valence-electron chi connectivity index (χ2n) is 4.26. The quantitative estimate of drug-likeness (QED) is 0.437. The highest BCUT2D eigenvalue weighted by Gasteiger charge is 2.08. The molecule has 4 N–H and O–H groups in total. The summed E-state index contributed by atoms with van der Waals surface area (Å²) in [6.45, 7) is 3.53. The van der Waals surface area contributed by atoms with E-state index >= 15 is 0 Å². The molecule has 3 nitrogen and oxygen atoms in total. The first kappa shape index (κ1) is 14.2. The molecule has 0 aliphatic heterocycles. The Hall–Kier alpha value is -0.843. The predicted octanol–water partition coefficient (Wildman–Crippen LogP) is 1.50. The smallest absolute Gasteiger partial charge is 0.246 e. The summed E-state index contributed by atoms with van der Waals surface area (Å²) in [5, 5.41) is 0. The molecule has 4 heteroatoms. The first-order valence-electron chi connectivity index (χ1n) is 6.06. The first-order chi connectivity index (χ1) is 8.20. The van der Waals surface area contributed by atoms with E-state index in [0.717, 1.165) is 44.5 Å². The molecule has 0 spiro atoms. The van der Waals surface area contributed by atoms with Crippen LogP contribution in [0.5, 0.6) is 0 Å². The lowest BCUT2D eigenvalue weighted by Crippen LogP contribution is -2.06. The van der Waals surface area contributed by atoms with E-state index in [9.17, 15) is 0 Å². The summed E-state index contributed by atoms with van der Waals surface area (Å²) >= 11 is 0. The molecule has 93 valence electrons. The molecule has 1 rings (SSSR count). The minimum absolute atomic E-state index is 0.719. The van der Waals surface area contributed by atoms with Crippen LogP contribution in [0.3, 0.4) is 0 Å². The highest BCUT2D eigenvalue weighted by Crippen LogP contribution is 2.23. The molecule has 17 heavy (non-hydrogen) atoms. The van der Waals surface area contributed by atoms with Crippen LogP contribution in [0, 0.1) is 6.92 Å². The fraction of sp³-hybridized carbons (Fsp3) is 0.538. The van der Waals surface area contributed by atoms with Gasteiger partial charge in [0.2, 0.25) is 10.5 Å². The van der Waals surface area contributed by atoms with Crippen LogP contribution < -0.4 is 11.5 Å². The molecule has 0 fully saturated rings. The number of rotatable bonds is 7. The van der Waals surface area contributed by atoms with Gasteiger partial charge < -0.3 is 15.9 Å². The summed E-state index contributed by atoms with van der Waals surface area (Å²) in [5.41, 5.74) is 16.3. The normalized spacial score (nSPS) is 10.8. The van der Waals surface area contributed by atoms with Gasteiger partial charge in [0, 0.05) is 12.3 Å². The Kier molecular flexibility index (Phi) is 6.25. The Bertz CT molecular complexity index is 356. The zero-order chi connectivity index (χ0) is 12.7. The summed E-state index contributed by atoms with van der Waals surface area (Å²) in [4.78, 5) is 0. The number of benzene rings is 1. The van der Waals surface area contributed by atoms with Gasteiger partial charge in [-0.25, -0.2) is 0 Å². The first-order valence-corrected chi connectivity index (χ1v) is 6.47. The van der Waals surface area contributed by atoms with Gasteiger partial charge in [-0.15, -0.1) is 0 Å². The number of aryl methyl sites for hydroxylation is 1. The van der Waals surface area contributed by atoms with Crippen LogP contribution in [0.1, 0.15) is 29.5 Å². The number of hydrogen-bond donors (Lipinski definition) is 2. The number of anilines is 1. The highest BCUT2D eigenvalue weighted by molar-refractivity contribution is 5.97. The van der Waals surface area contributed by atoms with Gasteiger partial charge in [0.05, 0.1) is 0 Å². The summed E-state index contributed by atoms with van der Waals surface area (Å²) in [6, 6.07) is 4.12. The van der Waals surface area contributed by atoms with E-state index in [4.69, 9.17) is 15.9 Å². The molecule has 0 saturated carbocycles. The molecule has 0 aliphatic carbocycles. The molecular weight excluding hydrogens is 228 g/mol. The fourth-order valence-electron chi connectivity index (χ4n) is 2.03. The van der Waals surface area contributed by atoms with Crippen LogP contribution in [0.2, 0.25) is 0 Å². The third-order valence-corrected chi connectivity index (χ3v) is 3.26. The maximum atomic E-state index is 5.95. The largest absolute Gasteiger partial charge is 0.419 e. The number of hydrogen-bond acceptors (Lipinski definition) is 3. The zero-order valence-corrected chi connectivity index (χ0v) is 11.5. The van der Waals surface area contributed by atoms with Crippen LogP contribution in [0.15, 0.2) is 12.1 Å². The lowest BCUT2D eigenvalue weighted by atomic mass is 9.94. The molecule has 0 heterocycles. The van der Waals surface area contributed by atoms with Crippen molar-refractivity contribution in [2.45, 2.75) is 32.6 Å². The molecule has 0 saturated heterocycles. The average Bonchev–Trinajstić information content (AvgIpc) is 2.33. The van der Waals surface area contributed by atoms with Gasteiger partial charge in [-0.05, 0) is 61.9 Å². The van der Waals surface area contributed by atoms with E-state index < -0.39 is 0 Å². The standard InChI is InChI=1S/C13H21N2OSi/c1-10-12(5-2-8-14)11(4-3-9-16-17)6-7-13(10)15/h6-7H,2-5,8-9,14-15H2,1H3. The molecular formula is C13H21N2OSi. The van der Waals surface area contributed by atoms with Crippen molar-refractivity contribution >= 4 is 16.2 Å². The zero-order valence-electron chi connectivity index (χ0n) is 10.5. The van der Waals surface area contributed by atoms with Gasteiger partial charge >= 0.3 is 0 Å². The monoisotopic (exact) mass is 249 g/mol. The minimum atomic E-state index is 0.719. The van der Waals surface area contributed by atoms with Gasteiger partial charge in [-0.1, -0.05) is 6.07 Å². The molecule has 1 aromatic rings. The lowest BCUT2D eigenvalue weighted by Gasteiger charge is -2.14. The Morgan fingerprint density at radius 3 is 2.65 bits per heavy atom. The van der Waals surface area contributed by atoms with E-state index in [1.807, 2.05) is 6.07 Å². The Labute approximate surface area is 107 Å². The van der Waals surface area contributed by atoms with Crippen molar-refractivity contribution in [3.63, 3.8) is 0 Å². The summed E-state index contributed by atoms with van der Waals surface area (Å²) < 4.78 is 4.90. The molecule has 0 bridgehead atoms. The van der Waals surface area contributed by atoms with Gasteiger partial charge in [0.1, 0.15) is 0 Å². The van der Waals surface area contributed by atoms with Crippen LogP contribution in [0.25, 0.3) is 0 Å². The molecule has 0 aliphatic rings. The fourth-order valence-corrected chi connectivity index (χ4v) is 2.17. The molecule has 3 radical (unpaired) electrons. The Morgan fingerprint density at radius 1 is 1.24 bits per heavy atom. The van der Waals surface area contributed by atoms with Crippen molar-refractivity contribution in [3.8, 4) is 0 Å². The van der Waals surface area contributed by atoms with Crippen molar-refractivity contribution in [3.05, 3.63) is 28.8 Å². The van der Waals surface area contributed by atoms with Gasteiger partial charge in [0.15, 0.2) is 0 Å². The van der Waals surface area contributed by atoms with Crippen LogP contribution in [-0.4, -0.2) is 23.6 Å². The maximum absolute atomic E-state index is 5.95. The number of nitrogens with two attached hydrogens (primary N) is 2. The highest BCUT2D eigenvalue weighted by atomic mass is 28.2. The SMILES string of the molecule is Cc1c(N)ccc(CCCO[Si])c1CCCN. The second kappa shape index (κ2) is 7.48. The Balaban J connectivity index is 2.82. The van der Waals surface area contributed by atoms with Crippen LogP contribution in [-0.2, 0) is 17.3 Å². The van der Waals surface area contributed by atoms with E-state index in [1.165, 1.54) is 16.7 Å². The molecule has 0 amide bonds. The average molecular weight is 249 g/mol. The van der Waals surface area contributed by atoms with E-state index in [2.05, 4.69) is 23.5 Å². The van der Waals surface area contributed by atoms with Crippen molar-refractivity contribution in [1.29, 1.82) is 0 Å². The molecule has 1 aromatic carbocycles. The van der Waals surface area contributed by atoms with Crippen molar-refractivity contribution in [1.82, 2.24) is 0 Å². The van der Waals surface area contributed by atoms with Crippen LogP contribution >= 0.6 is 0 Å². The Morgan fingerprint density at radius 2 is 2.00 bits per heavy atom. The van der Waals surface area contributed by atoms with Crippen LogP contribution in [0.4, 0.5) is 5.69 Å². The van der Waals surface area contributed by atoms with Crippen molar-refractivity contribution in [2.24, 2.45) is 5.73 Å². The molecule has 0 aromatic heterocycles. The van der Waals surface area contributed by atoms with Crippen molar-refractivity contribution in [2.75, 3.05) is 18.9 Å². The second-order valence-corrected chi connectivity index (χ2v) is 4.55.